The molecule has 0 aromatic heterocycles. The number of benzene rings is 1. The first-order chi connectivity index (χ1) is 9.33. The summed E-state index contributed by atoms with van der Waals surface area (Å²) in [5.74, 6) is 3.09. The maximum atomic E-state index is 6.21. The van der Waals surface area contributed by atoms with Crippen molar-refractivity contribution in [2.24, 2.45) is 11.7 Å². The van der Waals surface area contributed by atoms with E-state index in [0.29, 0.717) is 19.1 Å². The van der Waals surface area contributed by atoms with Crippen LogP contribution in [0.15, 0.2) is 23.1 Å². The van der Waals surface area contributed by atoms with Gasteiger partial charge in [0.1, 0.15) is 13.2 Å². The van der Waals surface area contributed by atoms with Gasteiger partial charge >= 0.3 is 0 Å². The molecule has 1 fully saturated rings. The van der Waals surface area contributed by atoms with E-state index < -0.39 is 0 Å². The van der Waals surface area contributed by atoms with Crippen molar-refractivity contribution in [3.05, 3.63) is 18.2 Å². The average Bonchev–Trinajstić information content (AvgIpc) is 2.99. The van der Waals surface area contributed by atoms with Crippen molar-refractivity contribution in [3.63, 3.8) is 0 Å². The lowest BCUT2D eigenvalue weighted by Gasteiger charge is -2.20. The van der Waals surface area contributed by atoms with Gasteiger partial charge in [-0.2, -0.15) is 0 Å². The number of thioether (sulfide) groups is 1. The molecular formula is C14H19NO3S. The highest BCUT2D eigenvalue weighted by Gasteiger charge is 2.23. The van der Waals surface area contributed by atoms with Crippen LogP contribution >= 0.6 is 11.8 Å². The number of nitrogens with two attached hydrogens (primary N) is 1. The molecule has 104 valence electrons. The fourth-order valence-electron chi connectivity index (χ4n) is 2.33. The quantitative estimate of drug-likeness (QED) is 0.854. The summed E-state index contributed by atoms with van der Waals surface area (Å²) in [6.07, 6.45) is 1.09. The van der Waals surface area contributed by atoms with Gasteiger partial charge in [-0.25, -0.2) is 0 Å². The number of hydrogen-bond acceptors (Lipinski definition) is 5. The maximum absolute atomic E-state index is 6.21. The molecule has 0 bridgehead atoms. The SMILES string of the molecule is NC(CSc1ccc2c(c1)OCCO2)C1CCOC1. The minimum atomic E-state index is 0.195. The van der Waals surface area contributed by atoms with Crippen LogP contribution in [0.4, 0.5) is 0 Å². The fourth-order valence-corrected chi connectivity index (χ4v) is 3.34. The molecule has 1 saturated heterocycles. The Kier molecular flexibility index (Phi) is 4.15. The van der Waals surface area contributed by atoms with E-state index in [0.717, 1.165) is 36.9 Å². The van der Waals surface area contributed by atoms with E-state index in [9.17, 15) is 0 Å². The number of rotatable bonds is 4. The van der Waals surface area contributed by atoms with Crippen LogP contribution in [-0.2, 0) is 4.74 Å². The van der Waals surface area contributed by atoms with Crippen LogP contribution in [0.1, 0.15) is 6.42 Å². The molecule has 2 atom stereocenters. The Balaban J connectivity index is 1.57. The van der Waals surface area contributed by atoms with Gasteiger partial charge in [0, 0.05) is 29.2 Å². The Morgan fingerprint density at radius 2 is 2.05 bits per heavy atom. The van der Waals surface area contributed by atoms with Crippen molar-refractivity contribution in [2.75, 3.05) is 32.2 Å². The normalized spacial score (nSPS) is 23.3. The molecule has 2 N–H and O–H groups in total. The van der Waals surface area contributed by atoms with Crippen molar-refractivity contribution in [1.82, 2.24) is 0 Å². The van der Waals surface area contributed by atoms with Crippen LogP contribution in [0, 0.1) is 5.92 Å². The van der Waals surface area contributed by atoms with E-state index in [2.05, 4.69) is 6.07 Å². The highest BCUT2D eigenvalue weighted by atomic mass is 32.2. The van der Waals surface area contributed by atoms with Crippen LogP contribution < -0.4 is 15.2 Å². The fraction of sp³-hybridized carbons (Fsp3) is 0.571. The minimum Gasteiger partial charge on any atom is -0.486 e. The van der Waals surface area contributed by atoms with Crippen LogP contribution in [0.2, 0.25) is 0 Å². The lowest BCUT2D eigenvalue weighted by molar-refractivity contribution is 0.171. The molecule has 1 aromatic rings. The summed E-state index contributed by atoms with van der Waals surface area (Å²) in [5.41, 5.74) is 6.21. The summed E-state index contributed by atoms with van der Waals surface area (Å²) in [6, 6.07) is 6.27. The highest BCUT2D eigenvalue weighted by Crippen LogP contribution is 2.34. The lowest BCUT2D eigenvalue weighted by Crippen LogP contribution is -2.32. The first-order valence-corrected chi connectivity index (χ1v) is 7.67. The predicted molar refractivity (Wildman–Crippen MR) is 75.1 cm³/mol. The number of fused-ring (bicyclic) bond motifs is 1. The second-order valence-corrected chi connectivity index (χ2v) is 6.00. The van der Waals surface area contributed by atoms with Gasteiger partial charge in [0.15, 0.2) is 11.5 Å². The first kappa shape index (κ1) is 13.1. The molecular weight excluding hydrogens is 262 g/mol. The summed E-state index contributed by atoms with van der Waals surface area (Å²) >= 11 is 1.77. The molecule has 0 amide bonds. The van der Waals surface area contributed by atoms with Gasteiger partial charge in [0.25, 0.3) is 0 Å². The second kappa shape index (κ2) is 6.03. The van der Waals surface area contributed by atoms with Crippen molar-refractivity contribution >= 4 is 11.8 Å². The molecule has 4 nitrogen and oxygen atoms in total. The summed E-state index contributed by atoms with van der Waals surface area (Å²) < 4.78 is 16.5. The summed E-state index contributed by atoms with van der Waals surface area (Å²) in [4.78, 5) is 1.18. The number of ether oxygens (including phenoxy) is 3. The summed E-state index contributed by atoms with van der Waals surface area (Å²) in [6.45, 7) is 2.92. The van der Waals surface area contributed by atoms with Gasteiger partial charge < -0.3 is 19.9 Å². The Bertz CT molecular complexity index is 435. The van der Waals surface area contributed by atoms with Crippen molar-refractivity contribution in [3.8, 4) is 11.5 Å². The Morgan fingerprint density at radius 3 is 2.84 bits per heavy atom. The largest absolute Gasteiger partial charge is 0.486 e. The summed E-state index contributed by atoms with van der Waals surface area (Å²) in [5, 5.41) is 0. The third kappa shape index (κ3) is 3.16. The molecule has 0 saturated carbocycles. The van der Waals surface area contributed by atoms with Crippen LogP contribution in [-0.4, -0.2) is 38.2 Å². The Hall–Kier alpha value is -0.910. The third-order valence-corrected chi connectivity index (χ3v) is 4.67. The maximum Gasteiger partial charge on any atom is 0.162 e. The van der Waals surface area contributed by atoms with E-state index >= 15 is 0 Å². The molecule has 3 rings (SSSR count). The van der Waals surface area contributed by atoms with Gasteiger partial charge in [-0.05, 0) is 24.6 Å². The zero-order valence-corrected chi connectivity index (χ0v) is 11.7. The van der Waals surface area contributed by atoms with E-state index in [1.54, 1.807) is 11.8 Å². The van der Waals surface area contributed by atoms with Gasteiger partial charge in [0.2, 0.25) is 0 Å². The highest BCUT2D eigenvalue weighted by molar-refractivity contribution is 7.99. The average molecular weight is 281 g/mol. The Labute approximate surface area is 117 Å². The zero-order valence-electron chi connectivity index (χ0n) is 10.8. The van der Waals surface area contributed by atoms with Crippen molar-refractivity contribution in [1.29, 1.82) is 0 Å². The topological polar surface area (TPSA) is 53.7 Å². The zero-order chi connectivity index (χ0) is 13.1. The van der Waals surface area contributed by atoms with Crippen molar-refractivity contribution < 1.29 is 14.2 Å². The monoisotopic (exact) mass is 281 g/mol. The van der Waals surface area contributed by atoms with E-state index in [-0.39, 0.29) is 6.04 Å². The minimum absolute atomic E-state index is 0.195. The lowest BCUT2D eigenvalue weighted by atomic mass is 10.0. The smallest absolute Gasteiger partial charge is 0.162 e. The van der Waals surface area contributed by atoms with Crippen LogP contribution in [0.25, 0.3) is 0 Å². The molecule has 0 aliphatic carbocycles. The Morgan fingerprint density at radius 1 is 1.21 bits per heavy atom. The molecule has 0 spiro atoms. The molecule has 19 heavy (non-hydrogen) atoms. The van der Waals surface area contributed by atoms with Crippen LogP contribution in [0.3, 0.4) is 0 Å². The van der Waals surface area contributed by atoms with E-state index in [4.69, 9.17) is 19.9 Å². The van der Waals surface area contributed by atoms with Gasteiger partial charge in [0.05, 0.1) is 6.61 Å². The van der Waals surface area contributed by atoms with E-state index in [1.807, 2.05) is 12.1 Å². The third-order valence-electron chi connectivity index (χ3n) is 3.53. The molecule has 2 aliphatic heterocycles. The van der Waals surface area contributed by atoms with Crippen LogP contribution in [0.5, 0.6) is 11.5 Å². The van der Waals surface area contributed by atoms with Gasteiger partial charge in [-0.3, -0.25) is 0 Å². The first-order valence-electron chi connectivity index (χ1n) is 6.69. The second-order valence-electron chi connectivity index (χ2n) is 4.90. The van der Waals surface area contributed by atoms with Gasteiger partial charge in [-0.15, -0.1) is 11.8 Å². The molecule has 2 unspecified atom stereocenters. The summed E-state index contributed by atoms with van der Waals surface area (Å²) in [7, 11) is 0. The molecule has 1 aromatic carbocycles. The molecule has 0 radical (unpaired) electrons. The molecule has 2 aliphatic rings. The van der Waals surface area contributed by atoms with E-state index in [1.165, 1.54) is 4.90 Å². The standard InChI is InChI=1S/C14H19NO3S/c15-12(10-3-4-16-8-10)9-19-11-1-2-13-14(7-11)18-6-5-17-13/h1-2,7,10,12H,3-6,8-9,15H2. The van der Waals surface area contributed by atoms with Crippen molar-refractivity contribution in [2.45, 2.75) is 17.4 Å². The number of hydrogen-bond donors (Lipinski definition) is 1. The van der Waals surface area contributed by atoms with Gasteiger partial charge in [-0.1, -0.05) is 0 Å². The predicted octanol–water partition coefficient (Wildman–Crippen LogP) is 1.91. The molecule has 5 heteroatoms. The molecule has 2 heterocycles.